The molecule has 0 unspecified atom stereocenters. The van der Waals surface area contributed by atoms with Gasteiger partial charge < -0.3 is 10.3 Å². The number of nitrogens with two attached hydrogens (primary N) is 1. The predicted molar refractivity (Wildman–Crippen MR) is 75.5 cm³/mol. The number of anilines is 2. The number of rotatable bonds is 6. The molecular formula is C11H13N3O3S2. The molecule has 0 aliphatic heterocycles. The van der Waals surface area contributed by atoms with E-state index in [2.05, 4.69) is 14.4 Å². The lowest BCUT2D eigenvalue weighted by Crippen LogP contribution is -2.17. The molecule has 1 heterocycles. The van der Waals surface area contributed by atoms with E-state index in [0.29, 0.717) is 17.1 Å². The molecule has 3 N–H and O–H groups in total. The van der Waals surface area contributed by atoms with Crippen molar-refractivity contribution in [2.75, 3.05) is 22.0 Å². The molecule has 0 aliphatic carbocycles. The van der Waals surface area contributed by atoms with Crippen LogP contribution in [0.2, 0.25) is 0 Å². The van der Waals surface area contributed by atoms with E-state index in [4.69, 9.17) is 5.73 Å². The Bertz CT molecular complexity index is 609. The third-order valence-corrected chi connectivity index (χ3v) is 4.77. The fraction of sp³-hybridized carbons (Fsp3) is 0.182. The molecule has 0 spiro atoms. The van der Waals surface area contributed by atoms with Gasteiger partial charge in [-0.1, -0.05) is 5.16 Å². The number of hydrogen-bond acceptors (Lipinski definition) is 6. The molecule has 0 aliphatic rings. The lowest BCUT2D eigenvalue weighted by atomic mass is 10.3. The van der Waals surface area contributed by atoms with Crippen molar-refractivity contribution in [2.45, 2.75) is 4.90 Å². The van der Waals surface area contributed by atoms with Crippen LogP contribution in [0.5, 0.6) is 0 Å². The normalized spacial score (nSPS) is 11.4. The average Bonchev–Trinajstić information content (AvgIpc) is 2.83. The van der Waals surface area contributed by atoms with Gasteiger partial charge in [0.1, 0.15) is 12.0 Å². The summed E-state index contributed by atoms with van der Waals surface area (Å²) in [6.07, 6.45) is 2.55. The Morgan fingerprint density at radius 2 is 2.05 bits per heavy atom. The van der Waals surface area contributed by atoms with Gasteiger partial charge in [0, 0.05) is 16.3 Å². The third kappa shape index (κ3) is 4.49. The van der Waals surface area contributed by atoms with Crippen LogP contribution in [0.15, 0.2) is 46.1 Å². The zero-order valence-electron chi connectivity index (χ0n) is 9.94. The van der Waals surface area contributed by atoms with E-state index in [0.717, 1.165) is 4.90 Å². The first-order chi connectivity index (χ1) is 9.05. The molecule has 8 heteroatoms. The van der Waals surface area contributed by atoms with Gasteiger partial charge in [0.25, 0.3) is 0 Å². The standard InChI is InChI=1S/C11H13N3O3S2/c12-9-1-3-11(4-2-9)18-5-6-19(15,16)14-10-7-13-17-8-10/h1-4,7-8,14H,5-6,12H2. The monoisotopic (exact) mass is 299 g/mol. The van der Waals surface area contributed by atoms with E-state index < -0.39 is 10.0 Å². The minimum Gasteiger partial charge on any atom is -0.399 e. The van der Waals surface area contributed by atoms with Crippen LogP contribution in [0.4, 0.5) is 11.4 Å². The van der Waals surface area contributed by atoms with Crippen LogP contribution in [0.3, 0.4) is 0 Å². The minimum atomic E-state index is -3.38. The third-order valence-electron chi connectivity index (χ3n) is 2.21. The molecule has 2 aromatic rings. The molecule has 1 aromatic carbocycles. The summed E-state index contributed by atoms with van der Waals surface area (Å²) in [5.74, 6) is 0.456. The quantitative estimate of drug-likeness (QED) is 0.623. The predicted octanol–water partition coefficient (Wildman–Crippen LogP) is 1.79. The number of benzene rings is 1. The van der Waals surface area contributed by atoms with Crippen LogP contribution in [0.1, 0.15) is 0 Å². The van der Waals surface area contributed by atoms with Crippen molar-refractivity contribution in [1.29, 1.82) is 0 Å². The number of thioether (sulfide) groups is 1. The second-order valence-corrected chi connectivity index (χ2v) is 6.76. The Hall–Kier alpha value is -1.67. The lowest BCUT2D eigenvalue weighted by molar-refractivity contribution is 0.420. The minimum absolute atomic E-state index is 0.00717. The number of nitrogens with one attached hydrogen (secondary N) is 1. The highest BCUT2D eigenvalue weighted by Gasteiger charge is 2.11. The fourth-order valence-corrected chi connectivity index (χ4v) is 3.66. The van der Waals surface area contributed by atoms with E-state index in [9.17, 15) is 8.42 Å². The SMILES string of the molecule is Nc1ccc(SCCS(=O)(=O)Nc2cnoc2)cc1. The smallest absolute Gasteiger partial charge is 0.233 e. The summed E-state index contributed by atoms with van der Waals surface area (Å²) >= 11 is 1.45. The summed E-state index contributed by atoms with van der Waals surface area (Å²) in [7, 11) is -3.38. The maximum absolute atomic E-state index is 11.7. The topological polar surface area (TPSA) is 98.2 Å². The Balaban J connectivity index is 1.83. The van der Waals surface area contributed by atoms with Gasteiger partial charge >= 0.3 is 0 Å². The lowest BCUT2D eigenvalue weighted by Gasteiger charge is -2.05. The molecule has 0 bridgehead atoms. The summed E-state index contributed by atoms with van der Waals surface area (Å²) in [6, 6.07) is 7.29. The maximum Gasteiger partial charge on any atom is 0.233 e. The Morgan fingerprint density at radius 1 is 1.32 bits per heavy atom. The first-order valence-electron chi connectivity index (χ1n) is 5.43. The van der Waals surface area contributed by atoms with Crippen LogP contribution < -0.4 is 10.5 Å². The molecule has 1 aromatic heterocycles. The van der Waals surface area contributed by atoms with Gasteiger partial charge in [-0.3, -0.25) is 4.72 Å². The zero-order valence-corrected chi connectivity index (χ0v) is 11.6. The molecular weight excluding hydrogens is 286 g/mol. The van der Waals surface area contributed by atoms with E-state index in [1.807, 2.05) is 12.1 Å². The van der Waals surface area contributed by atoms with Gasteiger partial charge in [-0.2, -0.15) is 0 Å². The van der Waals surface area contributed by atoms with Crippen LogP contribution in [0.25, 0.3) is 0 Å². The molecule has 6 nitrogen and oxygen atoms in total. The Labute approximate surface area is 115 Å². The fourth-order valence-electron chi connectivity index (χ4n) is 1.32. The van der Waals surface area contributed by atoms with Gasteiger partial charge in [0.2, 0.25) is 10.0 Å². The molecule has 19 heavy (non-hydrogen) atoms. The summed E-state index contributed by atoms with van der Waals surface area (Å²) in [5, 5.41) is 3.42. The maximum atomic E-state index is 11.7. The van der Waals surface area contributed by atoms with Crippen LogP contribution >= 0.6 is 11.8 Å². The molecule has 0 atom stereocenters. The van der Waals surface area contributed by atoms with Gasteiger partial charge in [0.15, 0.2) is 0 Å². The van der Waals surface area contributed by atoms with E-state index in [1.165, 1.54) is 24.2 Å². The number of nitrogens with zero attached hydrogens (tertiary/aromatic N) is 1. The highest BCUT2D eigenvalue weighted by molar-refractivity contribution is 8.01. The summed E-state index contributed by atoms with van der Waals surface area (Å²) < 4.78 is 30.4. The van der Waals surface area contributed by atoms with Crippen molar-refractivity contribution in [2.24, 2.45) is 0 Å². The molecule has 102 valence electrons. The number of hydrogen-bond donors (Lipinski definition) is 2. The van der Waals surface area contributed by atoms with Gasteiger partial charge in [0.05, 0.1) is 11.9 Å². The molecule has 0 fully saturated rings. The number of nitrogen functional groups attached to an aromatic ring is 1. The van der Waals surface area contributed by atoms with Crippen molar-refractivity contribution in [3.05, 3.63) is 36.7 Å². The van der Waals surface area contributed by atoms with E-state index >= 15 is 0 Å². The Morgan fingerprint density at radius 3 is 2.68 bits per heavy atom. The first-order valence-corrected chi connectivity index (χ1v) is 8.07. The van der Waals surface area contributed by atoms with Crippen molar-refractivity contribution in [1.82, 2.24) is 5.16 Å². The number of sulfonamides is 1. The van der Waals surface area contributed by atoms with Crippen molar-refractivity contribution >= 4 is 33.2 Å². The molecule has 2 rings (SSSR count). The molecule has 0 radical (unpaired) electrons. The van der Waals surface area contributed by atoms with Crippen LogP contribution in [0, 0.1) is 0 Å². The highest BCUT2D eigenvalue weighted by atomic mass is 32.2. The van der Waals surface area contributed by atoms with Crippen molar-refractivity contribution < 1.29 is 12.9 Å². The van der Waals surface area contributed by atoms with Gasteiger partial charge in [-0.15, -0.1) is 11.8 Å². The summed E-state index contributed by atoms with van der Waals surface area (Å²) in [5.41, 5.74) is 6.59. The van der Waals surface area contributed by atoms with E-state index in [1.54, 1.807) is 12.1 Å². The largest absolute Gasteiger partial charge is 0.399 e. The van der Waals surface area contributed by atoms with Crippen molar-refractivity contribution in [3.8, 4) is 0 Å². The van der Waals surface area contributed by atoms with Crippen LogP contribution in [-0.4, -0.2) is 25.1 Å². The molecule has 0 amide bonds. The molecule has 0 saturated heterocycles. The second-order valence-electron chi connectivity index (χ2n) is 3.75. The number of aromatic nitrogens is 1. The first kappa shape index (κ1) is 13.8. The van der Waals surface area contributed by atoms with Gasteiger partial charge in [-0.05, 0) is 24.3 Å². The molecule has 0 saturated carbocycles. The van der Waals surface area contributed by atoms with Crippen molar-refractivity contribution in [3.63, 3.8) is 0 Å². The van der Waals surface area contributed by atoms with Crippen LogP contribution in [-0.2, 0) is 10.0 Å². The second kappa shape index (κ2) is 5.98. The van der Waals surface area contributed by atoms with E-state index in [-0.39, 0.29) is 5.75 Å². The van der Waals surface area contributed by atoms with Gasteiger partial charge in [-0.25, -0.2) is 8.42 Å². The summed E-state index contributed by atoms with van der Waals surface area (Å²) in [4.78, 5) is 0.981. The highest BCUT2D eigenvalue weighted by Crippen LogP contribution is 2.19. The summed E-state index contributed by atoms with van der Waals surface area (Å²) in [6.45, 7) is 0. The zero-order chi connectivity index (χ0) is 13.7. The Kier molecular flexibility index (Phi) is 4.33. The average molecular weight is 299 g/mol.